The van der Waals surface area contributed by atoms with Crippen molar-refractivity contribution in [1.82, 2.24) is 21.0 Å². The Labute approximate surface area is 161 Å². The Balaban J connectivity index is 1.56. The zero-order valence-corrected chi connectivity index (χ0v) is 15.7. The molecule has 2 heterocycles. The van der Waals surface area contributed by atoms with Gasteiger partial charge in [0.1, 0.15) is 6.04 Å². The minimum Gasteiger partial charge on any atom is -0.493 e. The highest BCUT2D eigenvalue weighted by atomic mass is 35.5. The van der Waals surface area contributed by atoms with Crippen molar-refractivity contribution in [2.45, 2.75) is 18.5 Å². The third kappa shape index (κ3) is 3.49. The van der Waals surface area contributed by atoms with Crippen molar-refractivity contribution in [2.24, 2.45) is 0 Å². The van der Waals surface area contributed by atoms with E-state index in [1.54, 1.807) is 14.2 Å². The normalized spacial score (nSPS) is 19.2. The van der Waals surface area contributed by atoms with Gasteiger partial charge in [-0.2, -0.15) is 4.98 Å². The Hall–Kier alpha value is -2.61. The van der Waals surface area contributed by atoms with Crippen LogP contribution < -0.4 is 20.3 Å². The molecule has 140 valence electrons. The fourth-order valence-electron chi connectivity index (χ4n) is 3.21. The van der Waals surface area contributed by atoms with E-state index in [2.05, 4.69) is 21.0 Å². The number of halogens is 1. The highest BCUT2D eigenvalue weighted by Crippen LogP contribution is 2.37. The van der Waals surface area contributed by atoms with E-state index in [-0.39, 0.29) is 12.1 Å². The molecule has 4 rings (SSSR count). The van der Waals surface area contributed by atoms with Gasteiger partial charge in [0.15, 0.2) is 11.5 Å². The largest absolute Gasteiger partial charge is 0.493 e. The summed E-state index contributed by atoms with van der Waals surface area (Å²) < 4.78 is 16.3. The average molecular weight is 387 g/mol. The van der Waals surface area contributed by atoms with Crippen molar-refractivity contribution < 1.29 is 14.0 Å². The van der Waals surface area contributed by atoms with Gasteiger partial charge in [-0.1, -0.05) is 35.0 Å². The summed E-state index contributed by atoms with van der Waals surface area (Å²) in [5, 5.41) is 4.83. The van der Waals surface area contributed by atoms with E-state index in [0.717, 1.165) is 12.0 Å². The Bertz CT molecular complexity index is 946. The molecule has 0 aliphatic carbocycles. The van der Waals surface area contributed by atoms with Crippen LogP contribution in [0.1, 0.15) is 30.0 Å². The quantitative estimate of drug-likeness (QED) is 0.692. The Morgan fingerprint density at radius 1 is 1.07 bits per heavy atom. The van der Waals surface area contributed by atoms with Gasteiger partial charge in [-0.05, 0) is 36.2 Å². The van der Waals surface area contributed by atoms with Gasteiger partial charge >= 0.3 is 0 Å². The van der Waals surface area contributed by atoms with Crippen LogP contribution in [0.2, 0.25) is 5.02 Å². The molecule has 7 nitrogen and oxygen atoms in total. The molecular formula is C19H19ClN4O3. The van der Waals surface area contributed by atoms with Gasteiger partial charge in [0.2, 0.25) is 11.7 Å². The number of rotatable bonds is 5. The third-order valence-electron chi connectivity index (χ3n) is 4.54. The summed E-state index contributed by atoms with van der Waals surface area (Å²) in [6, 6.07) is 13.3. The van der Waals surface area contributed by atoms with Gasteiger partial charge in [-0.15, -0.1) is 0 Å². The average Bonchev–Trinajstić information content (AvgIpc) is 3.36. The highest BCUT2D eigenvalue weighted by Gasteiger charge is 2.31. The summed E-state index contributed by atoms with van der Waals surface area (Å²) in [7, 11) is 3.17. The Morgan fingerprint density at radius 3 is 2.67 bits per heavy atom. The van der Waals surface area contributed by atoms with Crippen LogP contribution in [0.15, 0.2) is 47.0 Å². The topological polar surface area (TPSA) is 81.4 Å². The van der Waals surface area contributed by atoms with Gasteiger partial charge in [-0.3, -0.25) is 0 Å². The van der Waals surface area contributed by atoms with Gasteiger partial charge in [0, 0.05) is 11.1 Å². The van der Waals surface area contributed by atoms with Crippen molar-refractivity contribution in [1.29, 1.82) is 0 Å². The zero-order valence-electron chi connectivity index (χ0n) is 14.9. The Kier molecular flexibility index (Phi) is 4.98. The van der Waals surface area contributed by atoms with Crippen molar-refractivity contribution in [3.05, 3.63) is 58.9 Å². The second-order valence-electron chi connectivity index (χ2n) is 6.18. The van der Waals surface area contributed by atoms with Crippen molar-refractivity contribution >= 4 is 11.6 Å². The first kappa shape index (κ1) is 17.8. The molecule has 1 fully saturated rings. The number of hydrazine groups is 1. The molecule has 2 aromatic carbocycles. The van der Waals surface area contributed by atoms with E-state index in [4.69, 9.17) is 25.6 Å². The van der Waals surface area contributed by atoms with Gasteiger partial charge < -0.3 is 14.0 Å². The summed E-state index contributed by atoms with van der Waals surface area (Å²) >= 11 is 6.09. The first-order valence-electron chi connectivity index (χ1n) is 8.51. The number of para-hydroxylation sites is 1. The molecule has 0 radical (unpaired) electrons. The molecule has 2 unspecified atom stereocenters. The lowest BCUT2D eigenvalue weighted by Crippen LogP contribution is -2.26. The monoisotopic (exact) mass is 386 g/mol. The smallest absolute Gasteiger partial charge is 0.245 e. The van der Waals surface area contributed by atoms with Crippen molar-refractivity contribution in [3.8, 4) is 22.9 Å². The SMILES string of the molecule is COc1cccc(-c2noc(C3CC(c4cccc(Cl)c4)NN3)n2)c1OC. The lowest BCUT2D eigenvalue weighted by atomic mass is 10.0. The van der Waals surface area contributed by atoms with Crippen LogP contribution in [0.5, 0.6) is 11.5 Å². The van der Waals surface area contributed by atoms with E-state index in [9.17, 15) is 0 Å². The molecule has 2 atom stereocenters. The van der Waals surface area contributed by atoms with Crippen LogP contribution in [-0.4, -0.2) is 24.4 Å². The molecule has 3 aromatic rings. The van der Waals surface area contributed by atoms with Gasteiger partial charge in [0.25, 0.3) is 0 Å². The maximum atomic E-state index is 6.09. The number of benzene rings is 2. The molecule has 27 heavy (non-hydrogen) atoms. The second kappa shape index (κ2) is 7.56. The molecule has 1 saturated heterocycles. The summed E-state index contributed by atoms with van der Waals surface area (Å²) in [5.41, 5.74) is 8.28. The fraction of sp³-hybridized carbons (Fsp3) is 0.263. The van der Waals surface area contributed by atoms with E-state index in [1.165, 1.54) is 0 Å². The molecule has 2 N–H and O–H groups in total. The number of aromatic nitrogens is 2. The van der Waals surface area contributed by atoms with Crippen LogP contribution in [-0.2, 0) is 0 Å². The minimum atomic E-state index is -0.105. The summed E-state index contributed by atoms with van der Waals surface area (Å²) in [5.74, 6) is 2.14. The summed E-state index contributed by atoms with van der Waals surface area (Å²) in [4.78, 5) is 4.55. The second-order valence-corrected chi connectivity index (χ2v) is 6.62. The van der Waals surface area contributed by atoms with E-state index >= 15 is 0 Å². The molecule has 8 heteroatoms. The van der Waals surface area contributed by atoms with Gasteiger partial charge in [-0.25, -0.2) is 10.9 Å². The number of hydrogen-bond donors (Lipinski definition) is 2. The number of methoxy groups -OCH3 is 2. The number of ether oxygens (including phenoxy) is 2. The molecule has 0 spiro atoms. The molecule has 0 saturated carbocycles. The maximum Gasteiger partial charge on any atom is 0.245 e. The predicted octanol–water partition coefficient (Wildman–Crippen LogP) is 3.69. The van der Waals surface area contributed by atoms with Crippen molar-refractivity contribution in [3.63, 3.8) is 0 Å². The first-order valence-corrected chi connectivity index (χ1v) is 8.89. The van der Waals surface area contributed by atoms with Crippen LogP contribution in [0.3, 0.4) is 0 Å². The minimum absolute atomic E-state index is 0.105. The lowest BCUT2D eigenvalue weighted by Gasteiger charge is -2.09. The number of nitrogens with one attached hydrogen (secondary N) is 2. The standard InChI is InChI=1S/C19H19ClN4O3/c1-25-16-8-4-7-13(17(16)26-2)18-21-19(27-24-18)15-10-14(22-23-15)11-5-3-6-12(20)9-11/h3-9,14-15,22-23H,10H2,1-2H3. The lowest BCUT2D eigenvalue weighted by molar-refractivity contribution is 0.339. The third-order valence-corrected chi connectivity index (χ3v) is 4.77. The van der Waals surface area contributed by atoms with Crippen LogP contribution in [0, 0.1) is 0 Å². The van der Waals surface area contributed by atoms with Crippen LogP contribution in [0.4, 0.5) is 0 Å². The van der Waals surface area contributed by atoms with Crippen LogP contribution >= 0.6 is 11.6 Å². The van der Waals surface area contributed by atoms with Crippen molar-refractivity contribution in [2.75, 3.05) is 14.2 Å². The van der Waals surface area contributed by atoms with E-state index in [1.807, 2.05) is 42.5 Å². The number of hydrogen-bond acceptors (Lipinski definition) is 7. The van der Waals surface area contributed by atoms with Gasteiger partial charge in [0.05, 0.1) is 19.8 Å². The number of nitrogens with zero attached hydrogens (tertiary/aromatic N) is 2. The molecular weight excluding hydrogens is 368 g/mol. The molecule has 0 amide bonds. The molecule has 1 aromatic heterocycles. The molecule has 0 bridgehead atoms. The highest BCUT2D eigenvalue weighted by molar-refractivity contribution is 6.30. The molecule has 1 aliphatic rings. The zero-order chi connectivity index (χ0) is 18.8. The Morgan fingerprint density at radius 2 is 1.89 bits per heavy atom. The fourth-order valence-corrected chi connectivity index (χ4v) is 3.41. The predicted molar refractivity (Wildman–Crippen MR) is 101 cm³/mol. The first-order chi connectivity index (χ1) is 13.2. The van der Waals surface area contributed by atoms with E-state index in [0.29, 0.717) is 33.8 Å². The summed E-state index contributed by atoms with van der Waals surface area (Å²) in [6.45, 7) is 0. The summed E-state index contributed by atoms with van der Waals surface area (Å²) in [6.07, 6.45) is 0.761. The van der Waals surface area contributed by atoms with Crippen LogP contribution in [0.25, 0.3) is 11.4 Å². The molecule has 1 aliphatic heterocycles. The maximum absolute atomic E-state index is 6.09. The van der Waals surface area contributed by atoms with E-state index < -0.39 is 0 Å².